The molecule has 1 aromatic rings. The van der Waals surface area contributed by atoms with E-state index >= 15 is 4.39 Å². The molecular weight excluding hydrogens is 613 g/mol. The number of nitrogens with zero attached hydrogens (tertiary/aromatic N) is 3. The van der Waals surface area contributed by atoms with Gasteiger partial charge in [0.05, 0.1) is 35.9 Å². The Hall–Kier alpha value is -2.99. The van der Waals surface area contributed by atoms with Crippen molar-refractivity contribution in [3.63, 3.8) is 0 Å². The predicted octanol–water partition coefficient (Wildman–Crippen LogP) is 2.62. The standard InChI is InChI=1S/C37H50FN5O5/c1-41(2)15-7-6-13-39-31-28(38)17-26-32-36(31)48-30-19-25-24(33(44)22-10-4-5-11-23(22)34(25)45)18-29(30)43(32)20-27(35(26)46)37(47)40-14-12-21-9-8-16-42(21)3/h4-5,10-11,20-21,24-26,28-32,36,39H,6-9,12-19H2,1-3H3,(H,40,47). The number of hydrogen-bond acceptors (Lipinski definition) is 9. The van der Waals surface area contributed by atoms with Crippen LogP contribution in [0, 0.1) is 17.8 Å². The SMILES string of the molecule is CN(C)CCCCNC1C(F)CC2C(=O)C(C(=O)NCCC3CCCN3C)=CN3C4CC5C(=O)c6ccccc6C(=O)C5CC4OC1C23. The number of nitrogens with one attached hydrogen (secondary N) is 2. The monoisotopic (exact) mass is 663 g/mol. The number of rotatable bonds is 10. The molecule has 2 saturated carbocycles. The lowest BCUT2D eigenvalue weighted by atomic mass is 9.63. The van der Waals surface area contributed by atoms with E-state index in [0.29, 0.717) is 43.1 Å². The number of fused-ring (bicyclic) bond motifs is 4. The van der Waals surface area contributed by atoms with Gasteiger partial charge in [0.1, 0.15) is 6.17 Å². The summed E-state index contributed by atoms with van der Waals surface area (Å²) < 4.78 is 23.0. The smallest absolute Gasteiger partial charge is 0.256 e. The van der Waals surface area contributed by atoms with Crippen LogP contribution in [-0.2, 0) is 14.3 Å². The van der Waals surface area contributed by atoms with Gasteiger partial charge in [-0.25, -0.2) is 4.39 Å². The van der Waals surface area contributed by atoms with Crippen LogP contribution in [0.3, 0.4) is 0 Å². The Morgan fingerprint density at radius 2 is 1.71 bits per heavy atom. The van der Waals surface area contributed by atoms with Gasteiger partial charge in [-0.05, 0) is 92.1 Å². The highest BCUT2D eigenvalue weighted by atomic mass is 19.1. The largest absolute Gasteiger partial charge is 0.369 e. The van der Waals surface area contributed by atoms with E-state index < -0.39 is 54.1 Å². The van der Waals surface area contributed by atoms with Crippen LogP contribution in [-0.4, -0.2) is 128 Å². The van der Waals surface area contributed by atoms with Crippen molar-refractivity contribution >= 4 is 23.3 Å². The third kappa shape index (κ3) is 6.05. The summed E-state index contributed by atoms with van der Waals surface area (Å²) in [6.45, 7) is 3.06. The summed E-state index contributed by atoms with van der Waals surface area (Å²) in [7, 11) is 6.15. The van der Waals surface area contributed by atoms with E-state index in [9.17, 15) is 19.2 Å². The van der Waals surface area contributed by atoms with Crippen LogP contribution in [0.2, 0.25) is 0 Å². The number of unbranched alkanes of at least 4 members (excludes halogenated alkanes) is 1. The first-order valence-electron chi connectivity index (χ1n) is 18.0. The molecule has 0 spiro atoms. The van der Waals surface area contributed by atoms with Crippen LogP contribution in [0.25, 0.3) is 0 Å². The van der Waals surface area contributed by atoms with Crippen LogP contribution < -0.4 is 10.6 Å². The number of ether oxygens (including phenoxy) is 1. The Morgan fingerprint density at radius 3 is 2.40 bits per heavy atom. The van der Waals surface area contributed by atoms with E-state index in [2.05, 4.69) is 32.4 Å². The lowest BCUT2D eigenvalue weighted by molar-refractivity contribution is -0.202. The molecule has 0 aromatic heterocycles. The molecule has 10 unspecified atom stereocenters. The van der Waals surface area contributed by atoms with E-state index in [1.807, 2.05) is 14.1 Å². The summed E-state index contributed by atoms with van der Waals surface area (Å²) in [5.74, 6) is -2.62. The van der Waals surface area contributed by atoms with E-state index in [1.54, 1.807) is 30.5 Å². The molecule has 260 valence electrons. The number of halogens is 1. The highest BCUT2D eigenvalue weighted by Crippen LogP contribution is 2.49. The van der Waals surface area contributed by atoms with Gasteiger partial charge in [-0.15, -0.1) is 0 Å². The second-order valence-corrected chi connectivity index (χ2v) is 15.2. The van der Waals surface area contributed by atoms with Gasteiger partial charge < -0.3 is 30.1 Å². The number of hydrogen-bond donors (Lipinski definition) is 2. The Labute approximate surface area is 282 Å². The van der Waals surface area contributed by atoms with Crippen LogP contribution in [0.5, 0.6) is 0 Å². The number of Topliss-reactive ketones (excluding diaryl/α,β-unsaturated/α-hetero) is 3. The summed E-state index contributed by atoms with van der Waals surface area (Å²) in [5, 5.41) is 6.43. The Kier molecular flexibility index (Phi) is 9.58. The molecule has 10 nitrogen and oxygen atoms in total. The van der Waals surface area contributed by atoms with Crippen molar-refractivity contribution in [2.45, 2.75) is 93.9 Å². The molecule has 6 aliphatic rings. The van der Waals surface area contributed by atoms with Crippen LogP contribution >= 0.6 is 0 Å². The number of amides is 1. The highest BCUT2D eigenvalue weighted by molar-refractivity contribution is 6.20. The van der Waals surface area contributed by atoms with Crippen molar-refractivity contribution in [2.24, 2.45) is 17.8 Å². The summed E-state index contributed by atoms with van der Waals surface area (Å²) >= 11 is 0. The molecule has 1 aromatic carbocycles. The predicted molar refractivity (Wildman–Crippen MR) is 178 cm³/mol. The topological polar surface area (TPSA) is 111 Å². The number of benzene rings is 1. The zero-order valence-corrected chi connectivity index (χ0v) is 28.4. The van der Waals surface area contributed by atoms with E-state index in [1.165, 1.54) is 0 Å². The minimum atomic E-state index is -1.34. The summed E-state index contributed by atoms with van der Waals surface area (Å²) in [5.41, 5.74) is 0.973. The third-order valence-corrected chi connectivity index (χ3v) is 12.0. The fraction of sp³-hybridized carbons (Fsp3) is 0.676. The minimum Gasteiger partial charge on any atom is -0.369 e. The fourth-order valence-electron chi connectivity index (χ4n) is 9.53. The van der Waals surface area contributed by atoms with Gasteiger partial charge in [-0.3, -0.25) is 19.2 Å². The molecule has 1 amide bonds. The first-order chi connectivity index (χ1) is 23.1. The van der Waals surface area contributed by atoms with Gasteiger partial charge in [-0.1, -0.05) is 24.3 Å². The second-order valence-electron chi connectivity index (χ2n) is 15.2. The molecular formula is C37H50FN5O5. The Morgan fingerprint density at radius 1 is 0.979 bits per heavy atom. The maximum atomic E-state index is 16.2. The molecule has 48 heavy (non-hydrogen) atoms. The van der Waals surface area contributed by atoms with E-state index in [4.69, 9.17) is 4.74 Å². The van der Waals surface area contributed by atoms with Crippen LogP contribution in [0.4, 0.5) is 4.39 Å². The molecule has 0 bridgehead atoms. The van der Waals surface area contributed by atoms with Gasteiger partial charge in [-0.2, -0.15) is 0 Å². The molecule has 7 rings (SSSR count). The van der Waals surface area contributed by atoms with Crippen LogP contribution in [0.1, 0.15) is 72.1 Å². The van der Waals surface area contributed by atoms with E-state index in [-0.39, 0.29) is 35.4 Å². The summed E-state index contributed by atoms with van der Waals surface area (Å²) in [6.07, 6.45) is 4.83. The van der Waals surface area contributed by atoms with Crippen molar-refractivity contribution in [1.82, 2.24) is 25.3 Å². The lowest BCUT2D eigenvalue weighted by Crippen LogP contribution is -2.73. The van der Waals surface area contributed by atoms with Crippen LogP contribution in [0.15, 0.2) is 36.0 Å². The van der Waals surface area contributed by atoms with Crippen molar-refractivity contribution in [2.75, 3.05) is 47.3 Å². The number of carbonyl (C=O) groups excluding carboxylic acids is 4. The van der Waals surface area contributed by atoms with Gasteiger partial charge in [0, 0.05) is 47.7 Å². The Balaban J connectivity index is 1.17. The van der Waals surface area contributed by atoms with Gasteiger partial charge in [0.2, 0.25) is 0 Å². The number of carbonyl (C=O) groups is 4. The van der Waals surface area contributed by atoms with Crippen molar-refractivity contribution in [3.05, 3.63) is 47.2 Å². The highest BCUT2D eigenvalue weighted by Gasteiger charge is 2.61. The molecule has 11 heteroatoms. The van der Waals surface area contributed by atoms with E-state index in [0.717, 1.165) is 45.2 Å². The Bertz CT molecular complexity index is 1470. The first kappa shape index (κ1) is 33.5. The van der Waals surface area contributed by atoms with Gasteiger partial charge in [0.25, 0.3) is 5.91 Å². The van der Waals surface area contributed by atoms with Gasteiger partial charge >= 0.3 is 0 Å². The molecule has 4 fully saturated rings. The molecule has 0 radical (unpaired) electrons. The quantitative estimate of drug-likeness (QED) is 0.289. The maximum absolute atomic E-state index is 16.2. The summed E-state index contributed by atoms with van der Waals surface area (Å²) in [4.78, 5) is 61.7. The number of ketones is 3. The molecule has 2 N–H and O–H groups in total. The summed E-state index contributed by atoms with van der Waals surface area (Å²) in [6, 6.07) is 6.00. The second kappa shape index (κ2) is 13.7. The molecule has 3 aliphatic heterocycles. The zero-order chi connectivity index (χ0) is 33.7. The van der Waals surface area contributed by atoms with Crippen molar-refractivity contribution < 1.29 is 28.3 Å². The average Bonchev–Trinajstić information content (AvgIpc) is 3.48. The fourth-order valence-corrected chi connectivity index (χ4v) is 9.53. The number of likely N-dealkylation sites (tertiary alicyclic amines) is 1. The number of alkyl halides is 1. The molecule has 10 atom stereocenters. The van der Waals surface area contributed by atoms with Gasteiger partial charge in [0.15, 0.2) is 17.3 Å². The normalized spacial score (nSPS) is 35.9. The molecule has 2 saturated heterocycles. The minimum absolute atomic E-state index is 0.000938. The zero-order valence-electron chi connectivity index (χ0n) is 28.4. The molecule has 3 aliphatic carbocycles. The third-order valence-electron chi connectivity index (χ3n) is 12.0. The first-order valence-corrected chi connectivity index (χ1v) is 18.0. The number of morpholine rings is 1. The lowest BCUT2D eigenvalue weighted by Gasteiger charge is -2.60. The van der Waals surface area contributed by atoms with Crippen molar-refractivity contribution in [3.8, 4) is 0 Å². The molecule has 3 heterocycles. The average molecular weight is 664 g/mol. The van der Waals surface area contributed by atoms with Crippen molar-refractivity contribution in [1.29, 1.82) is 0 Å². The maximum Gasteiger partial charge on any atom is 0.256 e.